The molecule has 0 spiro atoms. The Morgan fingerprint density at radius 1 is 1.20 bits per heavy atom. The minimum absolute atomic E-state index is 0.0500. The van der Waals surface area contributed by atoms with E-state index in [1.54, 1.807) is 17.4 Å². The van der Waals surface area contributed by atoms with Gasteiger partial charge in [0, 0.05) is 29.3 Å². The molecule has 0 saturated carbocycles. The van der Waals surface area contributed by atoms with Gasteiger partial charge in [0.25, 0.3) is 0 Å². The predicted octanol–water partition coefficient (Wildman–Crippen LogP) is 3.92. The number of anilines is 1. The van der Waals surface area contributed by atoms with Gasteiger partial charge in [-0.05, 0) is 49.7 Å². The van der Waals surface area contributed by atoms with E-state index in [4.69, 9.17) is 0 Å². The highest BCUT2D eigenvalue weighted by atomic mass is 32.2. The summed E-state index contributed by atoms with van der Waals surface area (Å²) in [5.74, 6) is 0.434. The highest BCUT2D eigenvalue weighted by Gasteiger charge is 2.30. The number of hydrogen-bond acceptors (Lipinski definition) is 5. The average molecular weight is 446 g/mol. The van der Waals surface area contributed by atoms with Crippen LogP contribution in [0.1, 0.15) is 42.3 Å². The van der Waals surface area contributed by atoms with Crippen molar-refractivity contribution in [1.29, 1.82) is 0 Å². The number of carbonyl (C=O) groups is 1. The third-order valence-electron chi connectivity index (χ3n) is 5.83. The summed E-state index contributed by atoms with van der Waals surface area (Å²) in [5.41, 5.74) is 1.97. The van der Waals surface area contributed by atoms with Crippen LogP contribution < -0.4 is 5.32 Å². The zero-order chi connectivity index (χ0) is 21.1. The second-order valence-electron chi connectivity index (χ2n) is 8.16. The van der Waals surface area contributed by atoms with Crippen LogP contribution in [-0.2, 0) is 27.7 Å². The van der Waals surface area contributed by atoms with Gasteiger partial charge in [0.1, 0.15) is 0 Å². The summed E-state index contributed by atoms with van der Waals surface area (Å²) in [6.45, 7) is 2.95. The fourth-order valence-electron chi connectivity index (χ4n) is 3.99. The number of fused-ring (bicyclic) bond motifs is 1. The van der Waals surface area contributed by atoms with Gasteiger partial charge in [-0.3, -0.25) is 4.79 Å². The van der Waals surface area contributed by atoms with E-state index in [2.05, 4.69) is 17.2 Å². The van der Waals surface area contributed by atoms with Crippen molar-refractivity contribution in [3.8, 4) is 0 Å². The van der Waals surface area contributed by atoms with Crippen LogP contribution in [0.5, 0.6) is 0 Å². The van der Waals surface area contributed by atoms with Gasteiger partial charge in [-0.1, -0.05) is 37.3 Å². The van der Waals surface area contributed by atoms with Crippen LogP contribution in [0.2, 0.25) is 0 Å². The summed E-state index contributed by atoms with van der Waals surface area (Å²) in [5, 5.41) is 4.90. The first-order valence-electron chi connectivity index (χ1n) is 10.4. The normalized spacial score (nSPS) is 20.9. The molecule has 1 atom stereocenters. The number of piperidine rings is 1. The third-order valence-corrected chi connectivity index (χ3v) is 8.43. The number of aryl methyl sites for hydroxylation is 1. The SMILES string of the molecule is CC1CCc2nc(NC(=O)C3CCN(S(=O)(=O)/C=C/c4ccccc4)CC3)sc2C1. The summed E-state index contributed by atoms with van der Waals surface area (Å²) < 4.78 is 26.6. The number of nitrogens with one attached hydrogen (secondary N) is 1. The summed E-state index contributed by atoms with van der Waals surface area (Å²) in [6.07, 6.45) is 5.82. The van der Waals surface area contributed by atoms with Crippen LogP contribution in [0, 0.1) is 11.8 Å². The lowest BCUT2D eigenvalue weighted by atomic mass is 9.93. The summed E-state index contributed by atoms with van der Waals surface area (Å²) >= 11 is 1.58. The van der Waals surface area contributed by atoms with E-state index in [0.29, 0.717) is 37.0 Å². The van der Waals surface area contributed by atoms with Gasteiger partial charge < -0.3 is 5.32 Å². The molecule has 1 fully saturated rings. The topological polar surface area (TPSA) is 79.4 Å². The Kier molecular flexibility index (Phi) is 6.36. The Labute approximate surface area is 182 Å². The molecule has 1 aromatic heterocycles. The highest BCUT2D eigenvalue weighted by molar-refractivity contribution is 7.92. The molecule has 2 heterocycles. The lowest BCUT2D eigenvalue weighted by molar-refractivity contribution is -0.120. The van der Waals surface area contributed by atoms with Crippen LogP contribution in [0.3, 0.4) is 0 Å². The number of carbonyl (C=O) groups excluding carboxylic acids is 1. The summed E-state index contributed by atoms with van der Waals surface area (Å²) in [7, 11) is -3.49. The molecule has 0 radical (unpaired) electrons. The molecule has 2 aromatic rings. The van der Waals surface area contributed by atoms with E-state index in [9.17, 15) is 13.2 Å². The van der Waals surface area contributed by atoms with Crippen LogP contribution in [0.15, 0.2) is 35.7 Å². The van der Waals surface area contributed by atoms with Crippen molar-refractivity contribution in [2.45, 2.75) is 39.0 Å². The molecule has 4 rings (SSSR count). The molecule has 0 bridgehead atoms. The van der Waals surface area contributed by atoms with E-state index in [1.165, 1.54) is 14.6 Å². The van der Waals surface area contributed by atoms with E-state index >= 15 is 0 Å². The lowest BCUT2D eigenvalue weighted by Crippen LogP contribution is -2.40. The zero-order valence-electron chi connectivity index (χ0n) is 17.1. The molecule has 160 valence electrons. The quantitative estimate of drug-likeness (QED) is 0.757. The monoisotopic (exact) mass is 445 g/mol. The van der Waals surface area contributed by atoms with Crippen molar-refractivity contribution in [2.24, 2.45) is 11.8 Å². The molecular weight excluding hydrogens is 418 g/mol. The van der Waals surface area contributed by atoms with Crippen molar-refractivity contribution in [1.82, 2.24) is 9.29 Å². The maximum absolute atomic E-state index is 12.7. The molecule has 2 aliphatic rings. The minimum Gasteiger partial charge on any atom is -0.302 e. The Morgan fingerprint density at radius 2 is 1.93 bits per heavy atom. The molecule has 1 unspecified atom stereocenters. The standard InChI is InChI=1S/C22H27N3O3S2/c1-16-7-8-19-20(15-16)29-22(23-19)24-21(26)18-9-12-25(13-10-18)30(27,28)14-11-17-5-3-2-4-6-17/h2-6,11,14,16,18H,7-10,12-13,15H2,1H3,(H,23,24,26)/b14-11+. The van der Waals surface area contributed by atoms with Crippen LogP contribution in [0.25, 0.3) is 6.08 Å². The Morgan fingerprint density at radius 3 is 2.67 bits per heavy atom. The second-order valence-corrected chi connectivity index (χ2v) is 11.1. The molecule has 1 aromatic carbocycles. The lowest BCUT2D eigenvalue weighted by Gasteiger charge is -2.29. The first-order valence-corrected chi connectivity index (χ1v) is 12.8. The number of nitrogens with zero attached hydrogens (tertiary/aromatic N) is 2. The van der Waals surface area contributed by atoms with Gasteiger partial charge in [0.15, 0.2) is 5.13 Å². The number of rotatable bonds is 5. The molecular formula is C22H27N3O3S2. The van der Waals surface area contributed by atoms with Crippen LogP contribution in [0.4, 0.5) is 5.13 Å². The maximum atomic E-state index is 12.7. The largest absolute Gasteiger partial charge is 0.302 e. The van der Waals surface area contributed by atoms with Gasteiger partial charge in [0.05, 0.1) is 5.69 Å². The first-order chi connectivity index (χ1) is 14.4. The smallest absolute Gasteiger partial charge is 0.236 e. The number of benzene rings is 1. The predicted molar refractivity (Wildman–Crippen MR) is 121 cm³/mol. The van der Waals surface area contributed by atoms with Crippen molar-refractivity contribution in [2.75, 3.05) is 18.4 Å². The molecule has 30 heavy (non-hydrogen) atoms. The molecule has 1 aliphatic heterocycles. The summed E-state index contributed by atoms with van der Waals surface area (Å²) in [4.78, 5) is 18.6. The van der Waals surface area contributed by atoms with Crippen LogP contribution >= 0.6 is 11.3 Å². The summed E-state index contributed by atoms with van der Waals surface area (Å²) in [6, 6.07) is 9.36. The second kappa shape index (κ2) is 8.99. The molecule has 6 nitrogen and oxygen atoms in total. The molecule has 1 saturated heterocycles. The van der Waals surface area contributed by atoms with Crippen molar-refractivity contribution < 1.29 is 13.2 Å². The number of hydrogen-bond donors (Lipinski definition) is 1. The van der Waals surface area contributed by atoms with Gasteiger partial charge in [0.2, 0.25) is 15.9 Å². The van der Waals surface area contributed by atoms with E-state index in [0.717, 1.165) is 30.5 Å². The van der Waals surface area contributed by atoms with E-state index in [-0.39, 0.29) is 11.8 Å². The van der Waals surface area contributed by atoms with Crippen LogP contribution in [-0.4, -0.2) is 36.7 Å². The average Bonchev–Trinajstić information content (AvgIpc) is 3.14. The highest BCUT2D eigenvalue weighted by Crippen LogP contribution is 2.32. The Hall–Kier alpha value is -2.03. The van der Waals surface area contributed by atoms with Crippen molar-refractivity contribution >= 4 is 38.5 Å². The van der Waals surface area contributed by atoms with Crippen molar-refractivity contribution in [3.05, 3.63) is 51.9 Å². The van der Waals surface area contributed by atoms with Gasteiger partial charge in [-0.2, -0.15) is 4.31 Å². The maximum Gasteiger partial charge on any atom is 0.236 e. The van der Waals surface area contributed by atoms with Gasteiger partial charge in [-0.25, -0.2) is 13.4 Å². The number of amides is 1. The number of thiazole rings is 1. The van der Waals surface area contributed by atoms with E-state index < -0.39 is 10.0 Å². The minimum atomic E-state index is -3.49. The molecule has 1 amide bonds. The molecule has 1 aliphatic carbocycles. The Bertz CT molecular complexity index is 1020. The third kappa shape index (κ3) is 4.99. The fraction of sp³-hybridized carbons (Fsp3) is 0.455. The molecule has 1 N–H and O–H groups in total. The van der Waals surface area contributed by atoms with E-state index in [1.807, 2.05) is 30.3 Å². The number of aromatic nitrogens is 1. The molecule has 8 heteroatoms. The fourth-order valence-corrected chi connectivity index (χ4v) is 6.38. The number of sulfonamides is 1. The first kappa shape index (κ1) is 21.2. The van der Waals surface area contributed by atoms with Crippen molar-refractivity contribution in [3.63, 3.8) is 0 Å². The van der Waals surface area contributed by atoms with Gasteiger partial charge >= 0.3 is 0 Å². The Balaban J connectivity index is 1.32. The zero-order valence-corrected chi connectivity index (χ0v) is 18.7. The van der Waals surface area contributed by atoms with Gasteiger partial charge in [-0.15, -0.1) is 11.3 Å².